The van der Waals surface area contributed by atoms with Crippen LogP contribution in [-0.4, -0.2) is 20.3 Å². The first-order valence-electron chi connectivity index (χ1n) is 6.65. The summed E-state index contributed by atoms with van der Waals surface area (Å²) in [5.41, 5.74) is 4.25. The monoisotopic (exact) mass is 285 g/mol. The van der Waals surface area contributed by atoms with E-state index in [1.807, 2.05) is 18.2 Å². The standard InChI is InChI=1S/C15H15N3OS/c1-2-7-18-13-6-4-3-5-11(13)17-15(18)8-14(19)12-9-20-10-16-12/h3-6,9-10H,2,7-8H2,1H3. The number of aromatic nitrogens is 3. The van der Waals surface area contributed by atoms with Crippen molar-refractivity contribution < 1.29 is 4.79 Å². The molecule has 0 radical (unpaired) electrons. The summed E-state index contributed by atoms with van der Waals surface area (Å²) >= 11 is 1.44. The van der Waals surface area contributed by atoms with Gasteiger partial charge in [-0.25, -0.2) is 9.97 Å². The molecule has 0 saturated carbocycles. The number of carbonyl (C=O) groups is 1. The second kappa shape index (κ2) is 5.54. The van der Waals surface area contributed by atoms with Crippen molar-refractivity contribution in [2.45, 2.75) is 26.3 Å². The molecule has 0 amide bonds. The number of Topliss-reactive ketones (excluding diaryl/α,β-unsaturated/α-hetero) is 1. The third kappa shape index (κ3) is 2.36. The van der Waals surface area contributed by atoms with Crippen molar-refractivity contribution in [1.82, 2.24) is 14.5 Å². The Morgan fingerprint density at radius 1 is 1.35 bits per heavy atom. The molecule has 5 heteroatoms. The highest BCUT2D eigenvalue weighted by atomic mass is 32.1. The van der Waals surface area contributed by atoms with Gasteiger partial charge in [0.25, 0.3) is 0 Å². The van der Waals surface area contributed by atoms with Crippen LogP contribution in [0.4, 0.5) is 0 Å². The predicted octanol–water partition coefficient (Wildman–Crippen LogP) is 3.33. The molecule has 20 heavy (non-hydrogen) atoms. The second-order valence-electron chi connectivity index (χ2n) is 4.64. The van der Waals surface area contributed by atoms with Crippen LogP contribution in [-0.2, 0) is 13.0 Å². The van der Waals surface area contributed by atoms with Gasteiger partial charge in [0.2, 0.25) is 0 Å². The van der Waals surface area contributed by atoms with E-state index < -0.39 is 0 Å². The minimum atomic E-state index is 0.0268. The Balaban J connectivity index is 1.98. The average Bonchev–Trinajstić information content (AvgIpc) is 3.08. The van der Waals surface area contributed by atoms with Gasteiger partial charge in [0.1, 0.15) is 11.5 Å². The highest BCUT2D eigenvalue weighted by molar-refractivity contribution is 7.07. The van der Waals surface area contributed by atoms with E-state index in [1.165, 1.54) is 11.3 Å². The van der Waals surface area contributed by atoms with E-state index >= 15 is 0 Å². The molecule has 102 valence electrons. The molecule has 0 atom stereocenters. The second-order valence-corrected chi connectivity index (χ2v) is 5.36. The van der Waals surface area contributed by atoms with Gasteiger partial charge < -0.3 is 4.57 Å². The van der Waals surface area contributed by atoms with Crippen molar-refractivity contribution >= 4 is 28.2 Å². The van der Waals surface area contributed by atoms with Crippen LogP contribution in [0.1, 0.15) is 29.7 Å². The predicted molar refractivity (Wildman–Crippen MR) is 80.2 cm³/mol. The lowest BCUT2D eigenvalue weighted by Gasteiger charge is -2.06. The quantitative estimate of drug-likeness (QED) is 0.676. The fraction of sp³-hybridized carbons (Fsp3) is 0.267. The van der Waals surface area contributed by atoms with E-state index in [2.05, 4.69) is 27.5 Å². The van der Waals surface area contributed by atoms with Crippen LogP contribution in [0.15, 0.2) is 35.2 Å². The lowest BCUT2D eigenvalue weighted by atomic mass is 10.2. The third-order valence-electron chi connectivity index (χ3n) is 3.22. The van der Waals surface area contributed by atoms with E-state index in [0.29, 0.717) is 12.1 Å². The summed E-state index contributed by atoms with van der Waals surface area (Å²) in [5, 5.41) is 1.79. The highest BCUT2D eigenvalue weighted by Gasteiger charge is 2.15. The number of ketones is 1. The van der Waals surface area contributed by atoms with Crippen LogP contribution >= 0.6 is 11.3 Å². The summed E-state index contributed by atoms with van der Waals surface area (Å²) in [5.74, 6) is 0.852. The Bertz CT molecular complexity index is 731. The number of para-hydroxylation sites is 2. The third-order valence-corrected chi connectivity index (χ3v) is 3.80. The summed E-state index contributed by atoms with van der Waals surface area (Å²) < 4.78 is 2.14. The molecule has 0 bridgehead atoms. The number of benzene rings is 1. The summed E-state index contributed by atoms with van der Waals surface area (Å²) in [6, 6.07) is 8.01. The summed E-state index contributed by atoms with van der Waals surface area (Å²) in [7, 11) is 0. The number of fused-ring (bicyclic) bond motifs is 1. The Labute approximate surface area is 121 Å². The number of thiazole rings is 1. The maximum absolute atomic E-state index is 12.2. The topological polar surface area (TPSA) is 47.8 Å². The zero-order valence-electron chi connectivity index (χ0n) is 11.2. The molecule has 1 aromatic carbocycles. The number of aryl methyl sites for hydroxylation is 1. The molecule has 0 spiro atoms. The Morgan fingerprint density at radius 2 is 2.20 bits per heavy atom. The van der Waals surface area contributed by atoms with Gasteiger partial charge in [0.05, 0.1) is 23.0 Å². The molecule has 2 heterocycles. The van der Waals surface area contributed by atoms with Crippen LogP contribution in [0.5, 0.6) is 0 Å². The average molecular weight is 285 g/mol. The van der Waals surface area contributed by atoms with Gasteiger partial charge in [-0.1, -0.05) is 19.1 Å². The van der Waals surface area contributed by atoms with Crippen molar-refractivity contribution in [3.8, 4) is 0 Å². The van der Waals surface area contributed by atoms with E-state index in [9.17, 15) is 4.79 Å². The molecule has 0 N–H and O–H groups in total. The van der Waals surface area contributed by atoms with E-state index in [0.717, 1.165) is 29.8 Å². The van der Waals surface area contributed by atoms with Gasteiger partial charge in [-0.2, -0.15) is 0 Å². The molecule has 0 saturated heterocycles. The number of nitrogens with zero attached hydrogens (tertiary/aromatic N) is 3. The molecule has 3 aromatic rings. The fourth-order valence-corrected chi connectivity index (χ4v) is 2.87. The van der Waals surface area contributed by atoms with Crippen molar-refractivity contribution in [3.63, 3.8) is 0 Å². The normalized spacial score (nSPS) is 11.1. The maximum Gasteiger partial charge on any atom is 0.189 e. The first-order valence-corrected chi connectivity index (χ1v) is 7.59. The minimum Gasteiger partial charge on any atom is -0.328 e. The first kappa shape index (κ1) is 13.0. The molecular weight excluding hydrogens is 270 g/mol. The number of carbonyl (C=O) groups excluding carboxylic acids is 1. The van der Waals surface area contributed by atoms with Crippen LogP contribution in [0, 0.1) is 0 Å². The van der Waals surface area contributed by atoms with Gasteiger partial charge in [0.15, 0.2) is 5.78 Å². The molecule has 0 aliphatic rings. The van der Waals surface area contributed by atoms with Gasteiger partial charge in [-0.15, -0.1) is 11.3 Å². The Morgan fingerprint density at radius 3 is 2.95 bits per heavy atom. The first-order chi connectivity index (χ1) is 9.79. The van der Waals surface area contributed by atoms with Crippen LogP contribution in [0.2, 0.25) is 0 Å². The van der Waals surface area contributed by atoms with Crippen LogP contribution in [0.3, 0.4) is 0 Å². The highest BCUT2D eigenvalue weighted by Crippen LogP contribution is 2.18. The molecule has 3 rings (SSSR count). The maximum atomic E-state index is 12.2. The Hall–Kier alpha value is -2.01. The van der Waals surface area contributed by atoms with Crippen molar-refractivity contribution in [3.05, 3.63) is 46.7 Å². The van der Waals surface area contributed by atoms with Crippen LogP contribution in [0.25, 0.3) is 11.0 Å². The number of hydrogen-bond acceptors (Lipinski definition) is 4. The summed E-state index contributed by atoms with van der Waals surface area (Å²) in [4.78, 5) is 20.9. The molecule has 2 aromatic heterocycles. The zero-order valence-corrected chi connectivity index (χ0v) is 12.1. The summed E-state index contributed by atoms with van der Waals surface area (Å²) in [6.07, 6.45) is 1.32. The van der Waals surface area contributed by atoms with E-state index in [4.69, 9.17) is 0 Å². The molecular formula is C15H15N3OS. The van der Waals surface area contributed by atoms with Gasteiger partial charge in [0, 0.05) is 11.9 Å². The van der Waals surface area contributed by atoms with Gasteiger partial charge >= 0.3 is 0 Å². The van der Waals surface area contributed by atoms with Crippen LogP contribution < -0.4 is 0 Å². The minimum absolute atomic E-state index is 0.0268. The van der Waals surface area contributed by atoms with Crippen molar-refractivity contribution in [1.29, 1.82) is 0 Å². The lowest BCUT2D eigenvalue weighted by molar-refractivity contribution is 0.0986. The molecule has 0 aliphatic carbocycles. The molecule has 0 fully saturated rings. The van der Waals surface area contributed by atoms with Crippen molar-refractivity contribution in [2.75, 3.05) is 0 Å². The molecule has 0 unspecified atom stereocenters. The number of rotatable bonds is 5. The summed E-state index contributed by atoms with van der Waals surface area (Å²) in [6.45, 7) is 3.00. The van der Waals surface area contributed by atoms with Gasteiger partial charge in [-0.3, -0.25) is 4.79 Å². The fourth-order valence-electron chi connectivity index (χ4n) is 2.32. The van der Waals surface area contributed by atoms with Crippen molar-refractivity contribution in [2.24, 2.45) is 0 Å². The number of hydrogen-bond donors (Lipinski definition) is 0. The molecule has 4 nitrogen and oxygen atoms in total. The zero-order chi connectivity index (χ0) is 13.9. The van der Waals surface area contributed by atoms with Gasteiger partial charge in [-0.05, 0) is 18.6 Å². The SMILES string of the molecule is CCCn1c(CC(=O)c2cscn2)nc2ccccc21. The molecule has 0 aliphatic heterocycles. The largest absolute Gasteiger partial charge is 0.328 e. The van der Waals surface area contributed by atoms with E-state index in [-0.39, 0.29) is 5.78 Å². The Kier molecular flexibility index (Phi) is 3.60. The number of imidazole rings is 1. The smallest absolute Gasteiger partial charge is 0.189 e. The lowest BCUT2D eigenvalue weighted by Crippen LogP contribution is -2.10. The van der Waals surface area contributed by atoms with E-state index in [1.54, 1.807) is 10.9 Å².